The van der Waals surface area contributed by atoms with E-state index in [2.05, 4.69) is 4.98 Å². The molecule has 0 saturated carbocycles. The minimum atomic E-state index is -0.219. The average Bonchev–Trinajstić information content (AvgIpc) is 2.46. The fourth-order valence-electron chi connectivity index (χ4n) is 2.22. The second-order valence-electron chi connectivity index (χ2n) is 5.43. The van der Waals surface area contributed by atoms with Crippen molar-refractivity contribution in [2.45, 2.75) is 33.3 Å². The third-order valence-electron chi connectivity index (χ3n) is 3.22. The first kappa shape index (κ1) is 15.3. The van der Waals surface area contributed by atoms with Crippen molar-refractivity contribution < 1.29 is 14.3 Å². The van der Waals surface area contributed by atoms with Gasteiger partial charge in [-0.25, -0.2) is 4.98 Å². The third-order valence-corrected chi connectivity index (χ3v) is 3.22. The van der Waals surface area contributed by atoms with E-state index in [0.717, 1.165) is 22.3 Å². The van der Waals surface area contributed by atoms with Crippen LogP contribution in [0.2, 0.25) is 0 Å². The minimum absolute atomic E-state index is 0.0926. The molecular formula is C17H21NO3. The van der Waals surface area contributed by atoms with E-state index in [4.69, 9.17) is 9.47 Å². The summed E-state index contributed by atoms with van der Waals surface area (Å²) < 4.78 is 10.6. The van der Waals surface area contributed by atoms with Gasteiger partial charge in [-0.2, -0.15) is 0 Å². The summed E-state index contributed by atoms with van der Waals surface area (Å²) in [5, 5.41) is 1.03. The smallest absolute Gasteiger partial charge is 0.308 e. The summed E-state index contributed by atoms with van der Waals surface area (Å²) in [4.78, 5) is 16.2. The van der Waals surface area contributed by atoms with Gasteiger partial charge in [0.1, 0.15) is 11.3 Å². The maximum Gasteiger partial charge on any atom is 0.308 e. The highest BCUT2D eigenvalue weighted by molar-refractivity contribution is 5.84. The molecular weight excluding hydrogens is 266 g/mol. The molecule has 1 aromatic carbocycles. The van der Waals surface area contributed by atoms with Crippen LogP contribution in [0.4, 0.5) is 0 Å². The molecule has 0 radical (unpaired) electrons. The van der Waals surface area contributed by atoms with Crippen molar-refractivity contribution in [3.8, 4) is 5.75 Å². The van der Waals surface area contributed by atoms with Gasteiger partial charge in [-0.3, -0.25) is 4.79 Å². The van der Waals surface area contributed by atoms with Crippen molar-refractivity contribution in [3.63, 3.8) is 0 Å². The number of pyridine rings is 1. The molecule has 0 N–H and O–H groups in total. The third kappa shape index (κ3) is 3.72. The normalized spacial score (nSPS) is 12.4. The molecule has 0 saturated heterocycles. The van der Waals surface area contributed by atoms with E-state index in [1.165, 1.54) is 7.11 Å². The SMILES string of the molecule is COC(=O)C(C)Cc1ccc2cccc(OC(C)C)c2n1. The van der Waals surface area contributed by atoms with Crippen LogP contribution in [-0.2, 0) is 16.0 Å². The molecule has 0 aliphatic rings. The summed E-state index contributed by atoms with van der Waals surface area (Å²) in [5.41, 5.74) is 1.70. The fraction of sp³-hybridized carbons (Fsp3) is 0.412. The van der Waals surface area contributed by atoms with Gasteiger partial charge in [0.2, 0.25) is 0 Å². The van der Waals surface area contributed by atoms with Crippen LogP contribution in [0, 0.1) is 5.92 Å². The number of esters is 1. The maximum atomic E-state index is 11.5. The number of fused-ring (bicyclic) bond motifs is 1. The maximum absolute atomic E-state index is 11.5. The number of nitrogens with zero attached hydrogens (tertiary/aromatic N) is 1. The molecule has 2 rings (SSSR count). The van der Waals surface area contributed by atoms with E-state index in [1.54, 1.807) is 0 Å². The minimum Gasteiger partial charge on any atom is -0.489 e. The Kier molecular flexibility index (Phi) is 4.78. The molecule has 1 heterocycles. The first-order valence-electron chi connectivity index (χ1n) is 7.14. The molecule has 4 heteroatoms. The molecule has 1 atom stereocenters. The Bertz CT molecular complexity index is 637. The number of ether oxygens (including phenoxy) is 2. The lowest BCUT2D eigenvalue weighted by Crippen LogP contribution is -2.15. The van der Waals surface area contributed by atoms with Gasteiger partial charge in [-0.15, -0.1) is 0 Å². The molecule has 0 spiro atoms. The van der Waals surface area contributed by atoms with Crippen LogP contribution in [0.25, 0.3) is 10.9 Å². The summed E-state index contributed by atoms with van der Waals surface area (Å²) in [5.74, 6) is 0.344. The highest BCUT2D eigenvalue weighted by Crippen LogP contribution is 2.25. The molecule has 0 bridgehead atoms. The quantitative estimate of drug-likeness (QED) is 0.791. The van der Waals surface area contributed by atoms with Gasteiger partial charge in [0.25, 0.3) is 0 Å². The van der Waals surface area contributed by atoms with Crippen LogP contribution in [0.1, 0.15) is 26.5 Å². The lowest BCUT2D eigenvalue weighted by molar-refractivity contribution is -0.144. The number of carbonyl (C=O) groups is 1. The zero-order valence-corrected chi connectivity index (χ0v) is 12.9. The molecule has 1 aromatic heterocycles. The van der Waals surface area contributed by atoms with E-state index in [0.29, 0.717) is 6.42 Å². The van der Waals surface area contributed by atoms with Crippen LogP contribution >= 0.6 is 0 Å². The van der Waals surface area contributed by atoms with Gasteiger partial charge in [-0.1, -0.05) is 25.1 Å². The highest BCUT2D eigenvalue weighted by atomic mass is 16.5. The van der Waals surface area contributed by atoms with Crippen LogP contribution < -0.4 is 4.74 Å². The Balaban J connectivity index is 2.33. The largest absolute Gasteiger partial charge is 0.489 e. The zero-order valence-electron chi connectivity index (χ0n) is 12.9. The Morgan fingerprint density at radius 2 is 1.95 bits per heavy atom. The van der Waals surface area contributed by atoms with E-state index < -0.39 is 0 Å². The number of aromatic nitrogens is 1. The number of methoxy groups -OCH3 is 1. The summed E-state index contributed by atoms with van der Waals surface area (Å²) in [7, 11) is 1.40. The van der Waals surface area contributed by atoms with Crippen molar-refractivity contribution in [2.24, 2.45) is 5.92 Å². The van der Waals surface area contributed by atoms with Gasteiger partial charge in [0.05, 0.1) is 19.1 Å². The lowest BCUT2D eigenvalue weighted by Gasteiger charge is -2.13. The molecule has 1 unspecified atom stereocenters. The van der Waals surface area contributed by atoms with Crippen LogP contribution in [0.5, 0.6) is 5.75 Å². The monoisotopic (exact) mass is 287 g/mol. The van der Waals surface area contributed by atoms with Crippen LogP contribution in [-0.4, -0.2) is 24.2 Å². The topological polar surface area (TPSA) is 48.4 Å². The Morgan fingerprint density at radius 3 is 2.62 bits per heavy atom. The molecule has 0 aliphatic carbocycles. The fourth-order valence-corrected chi connectivity index (χ4v) is 2.22. The van der Waals surface area contributed by atoms with Gasteiger partial charge in [0, 0.05) is 17.5 Å². The number of rotatable bonds is 5. The van der Waals surface area contributed by atoms with Crippen LogP contribution in [0.15, 0.2) is 30.3 Å². The van der Waals surface area contributed by atoms with Gasteiger partial charge in [0.15, 0.2) is 0 Å². The summed E-state index contributed by atoms with van der Waals surface area (Å²) in [6, 6.07) is 9.83. The second kappa shape index (κ2) is 6.57. The van der Waals surface area contributed by atoms with Gasteiger partial charge in [-0.05, 0) is 26.0 Å². The van der Waals surface area contributed by atoms with Gasteiger partial charge < -0.3 is 9.47 Å². The van der Waals surface area contributed by atoms with E-state index >= 15 is 0 Å². The number of para-hydroxylation sites is 1. The van der Waals surface area contributed by atoms with Crippen LogP contribution in [0.3, 0.4) is 0 Å². The summed E-state index contributed by atoms with van der Waals surface area (Å²) in [6.07, 6.45) is 0.647. The van der Waals surface area contributed by atoms with Crippen molar-refractivity contribution in [3.05, 3.63) is 36.0 Å². The second-order valence-corrected chi connectivity index (χ2v) is 5.43. The number of hydrogen-bond donors (Lipinski definition) is 0. The molecule has 0 amide bonds. The van der Waals surface area contributed by atoms with E-state index in [9.17, 15) is 4.79 Å². The van der Waals surface area contributed by atoms with Crippen molar-refractivity contribution in [1.29, 1.82) is 0 Å². The number of carbonyl (C=O) groups excluding carboxylic acids is 1. The van der Waals surface area contributed by atoms with Crippen molar-refractivity contribution in [1.82, 2.24) is 4.98 Å². The first-order valence-corrected chi connectivity index (χ1v) is 7.14. The Hall–Kier alpha value is -2.10. The zero-order chi connectivity index (χ0) is 15.4. The standard InChI is InChI=1S/C17H21NO3/c1-11(2)21-15-7-5-6-13-8-9-14(18-16(13)15)10-12(3)17(19)20-4/h5-9,11-12H,10H2,1-4H3. The van der Waals surface area contributed by atoms with E-state index in [-0.39, 0.29) is 18.0 Å². The van der Waals surface area contributed by atoms with Gasteiger partial charge >= 0.3 is 5.97 Å². The molecule has 0 aliphatic heterocycles. The molecule has 2 aromatic rings. The molecule has 21 heavy (non-hydrogen) atoms. The van der Waals surface area contributed by atoms with Crippen molar-refractivity contribution in [2.75, 3.05) is 7.11 Å². The molecule has 0 fully saturated rings. The lowest BCUT2D eigenvalue weighted by atomic mass is 10.0. The predicted molar refractivity (Wildman–Crippen MR) is 82.4 cm³/mol. The number of hydrogen-bond acceptors (Lipinski definition) is 4. The first-order chi connectivity index (χ1) is 10.0. The predicted octanol–water partition coefficient (Wildman–Crippen LogP) is 3.37. The van der Waals surface area contributed by atoms with Crippen molar-refractivity contribution >= 4 is 16.9 Å². The number of benzene rings is 1. The van der Waals surface area contributed by atoms with E-state index in [1.807, 2.05) is 51.1 Å². The molecule has 112 valence electrons. The highest BCUT2D eigenvalue weighted by Gasteiger charge is 2.15. The molecule has 4 nitrogen and oxygen atoms in total. The summed E-state index contributed by atoms with van der Waals surface area (Å²) in [6.45, 7) is 5.82. The average molecular weight is 287 g/mol. The summed E-state index contributed by atoms with van der Waals surface area (Å²) >= 11 is 0. The Morgan fingerprint density at radius 1 is 1.19 bits per heavy atom. The Labute approximate surface area is 125 Å².